The topological polar surface area (TPSA) is 576 Å². The van der Waals surface area contributed by atoms with Crippen LogP contribution >= 0.6 is 46.4 Å². The van der Waals surface area contributed by atoms with E-state index >= 15 is 24.0 Å². The van der Waals surface area contributed by atoms with Crippen LogP contribution in [0, 0.1) is 5.92 Å². The highest BCUT2D eigenvalue weighted by atomic mass is 35.5. The lowest BCUT2D eigenvalue weighted by Gasteiger charge is -2.48. The van der Waals surface area contributed by atoms with Crippen molar-refractivity contribution < 1.29 is 118 Å². The zero-order chi connectivity index (χ0) is 90.6. The quantitative estimate of drug-likeness (QED) is 0.0457. The lowest BCUT2D eigenvalue weighted by molar-refractivity contribution is -0.334. The van der Waals surface area contributed by atoms with Crippen molar-refractivity contribution in [2.24, 2.45) is 11.7 Å². The molecule has 668 valence electrons. The lowest BCUT2D eigenvalue weighted by Crippen LogP contribution is -2.65. The molecule has 7 aliphatic heterocycles. The molecular weight excluding hydrogens is 1720 g/mol. The third-order valence-electron chi connectivity index (χ3n) is 21.5. The highest BCUT2D eigenvalue weighted by Crippen LogP contribution is 2.50. The molecule has 8 heterocycles. The maximum Gasteiger partial charge on any atom is 0.349 e. The summed E-state index contributed by atoms with van der Waals surface area (Å²) in [6.45, 7) is 5.60. The second kappa shape index (κ2) is 39.2. The van der Waals surface area contributed by atoms with E-state index in [9.17, 15) is 69.9 Å². The number of amides is 9. The first-order valence-corrected chi connectivity index (χ1v) is 40.7. The van der Waals surface area contributed by atoms with Crippen LogP contribution in [-0.2, 0) is 70.3 Å². The molecule has 21 N–H and O–H groups in total. The first-order valence-electron chi connectivity index (χ1n) is 39.2. The fraction of sp³-hybridized carbons (Fsp3) is 0.402. The lowest BCUT2D eigenvalue weighted by atomic mass is 9.85. The van der Waals surface area contributed by atoms with Gasteiger partial charge in [0.15, 0.2) is 23.9 Å². The number of hydrogen-bond donors (Lipinski definition) is 20. The molecule has 125 heavy (non-hydrogen) atoms. The molecule has 43 heteroatoms. The molecule has 6 aromatic carbocycles. The van der Waals surface area contributed by atoms with E-state index < -0.39 is 254 Å². The fourth-order valence-electron chi connectivity index (χ4n) is 15.1. The Kier molecular flexibility index (Phi) is 29.2. The van der Waals surface area contributed by atoms with Gasteiger partial charge in [0.05, 0.1) is 57.8 Å². The molecule has 39 nitrogen and oxygen atoms in total. The number of aliphatic hydroxyl groups is 6. The van der Waals surface area contributed by atoms with Gasteiger partial charge in [0.1, 0.15) is 101 Å². The van der Waals surface area contributed by atoms with Crippen molar-refractivity contribution in [2.45, 2.75) is 169 Å². The minimum atomic E-state index is -2.38. The summed E-state index contributed by atoms with van der Waals surface area (Å²) in [6, 6.07) is 5.91. The van der Waals surface area contributed by atoms with Gasteiger partial charge in [-0.2, -0.15) is 4.98 Å². The highest BCUT2D eigenvalue weighted by molar-refractivity contribution is 6.42. The average Bonchev–Trinajstić information content (AvgIpc) is 0.763. The van der Waals surface area contributed by atoms with Crippen molar-refractivity contribution in [3.05, 3.63) is 173 Å². The number of aromatic hydroxyl groups is 3. The Balaban J connectivity index is 0.999. The van der Waals surface area contributed by atoms with Crippen molar-refractivity contribution >= 4 is 105 Å². The van der Waals surface area contributed by atoms with E-state index in [1.54, 1.807) is 13.0 Å². The van der Waals surface area contributed by atoms with Crippen molar-refractivity contribution in [3.8, 4) is 57.1 Å². The molecule has 1 aromatic heterocycles. The number of phenols is 3. The molecule has 9 amide bonds. The Hall–Kier alpha value is -11.1. The number of carbonyl (C=O) groups excluding carboxylic acids is 9. The van der Waals surface area contributed by atoms with Gasteiger partial charge in [-0.3, -0.25) is 53.1 Å². The monoisotopic (exact) mass is 1810 g/mol. The van der Waals surface area contributed by atoms with Gasteiger partial charge in [0, 0.05) is 62.5 Å². The molecule has 0 aliphatic carbocycles. The number of nitrogens with zero attached hydrogens (tertiary/aromatic N) is 3. The summed E-state index contributed by atoms with van der Waals surface area (Å²) in [7, 11) is 4.29. The van der Waals surface area contributed by atoms with Crippen molar-refractivity contribution in [1.29, 1.82) is 0 Å². The highest BCUT2D eigenvalue weighted by Gasteiger charge is 2.52. The van der Waals surface area contributed by atoms with E-state index in [1.165, 1.54) is 80.2 Å². The number of nitrogens with two attached hydrogens (primary N) is 1. The number of likely N-dealkylation sites (N-methyl/N-ethyl adjacent to an activating group) is 1. The molecule has 7 aromatic rings. The number of hydrogen-bond acceptors (Lipinski definition) is 29. The van der Waals surface area contributed by atoms with Crippen LogP contribution in [0.2, 0.25) is 20.1 Å². The molecular formula is C82H92Cl4N14O25. The van der Waals surface area contributed by atoms with Crippen LogP contribution in [0.1, 0.15) is 111 Å². The van der Waals surface area contributed by atoms with E-state index in [0.29, 0.717) is 10.6 Å². The Labute approximate surface area is 732 Å². The van der Waals surface area contributed by atoms with Gasteiger partial charge in [0.2, 0.25) is 59.3 Å². The van der Waals surface area contributed by atoms with Crippen LogP contribution in [0.3, 0.4) is 0 Å². The van der Waals surface area contributed by atoms with Gasteiger partial charge in [-0.25, -0.2) is 9.80 Å². The number of rotatable bonds is 21. The SMILES string of the molecule is CN[C@H](CC(C)C)C(=O)N[C@H]1C(=O)N[C@@H](CC(N)=O)C(=O)N[C@H]2C(=O)N[C@H]3C(=O)N[C@H](C(=O)N[C@@H](C(=O)NN(C)C)c4cc(O)cc(O)c4-c4cc3ccc4O)[C@H](O)c3ccc(c(Cl)c3)Oc3cc2cc(c3OC2O[C@H](CO)[C@@H](O)[C@H](O)[C@H]2O[C@H]2C[C@@](C)(NCCn3ccc(NC(=O)Cc4ccc(Cl)c(Cl)c4)nc3=O)[C@H](O)[C@H](C)O2)Oc2ccc(cc2Cl)[C@H]1O. The zero-order valence-electron chi connectivity index (χ0n) is 67.7. The standard InChI is InChI=1S/C82H92Cl4N14O25/c1-33(2)20-47(88-5)73(112)96-64-66(107)37-10-14-51(45(85)24-37)121-53-26-39-27-54(70(53)125-80-71(69(110)68(109)55(32-101)123-80)124-59-31-82(4,72(111)34(3)120-59)89-17-19-100-18-16-57(92-81(100)119)91-58(106)22-35-8-12-43(83)44(84)21-35)122-52-15-11-38(25-46(52)86)67(108)65-78(117)95-63(79(118)98-99(6)7)42-28-40(102)29-50(104)60(42)41-23-36(9-13-49(41)103)61(75(114)97-65)94-76(115)62(39)93-74(113)48(30-56(87)105)90-77(64)116/h8-16,18,21,23-29,33-34,47-48,55,59,61-69,71-72,80,88-89,101-104,107-111H,17,19-20,22,30-32H2,1-7H3,(H2,87,105)(H,90,116)(H,93,113)(H,94,115)(H,95,117)(H,96,112)(H,97,114)(H,98,118)(H,91,92,106,119)/t34-,47+,48-,55+,59-,61+,62+,63+,64+,65-,66+,67+,68+,69-,71+,72+,80?,82+/m0/s1. The number of nitrogens with one attached hydrogen (secondary N) is 10. The maximum atomic E-state index is 16.3. The second-order valence-corrected chi connectivity index (χ2v) is 33.0. The number of primary amides is 1. The van der Waals surface area contributed by atoms with Crippen LogP contribution in [0.4, 0.5) is 5.82 Å². The van der Waals surface area contributed by atoms with E-state index in [1.807, 2.05) is 13.8 Å². The number of halogens is 4. The van der Waals surface area contributed by atoms with Gasteiger partial charge in [-0.1, -0.05) is 84.5 Å². The largest absolute Gasteiger partial charge is 0.508 e. The van der Waals surface area contributed by atoms with Gasteiger partial charge < -0.3 is 128 Å². The summed E-state index contributed by atoms with van der Waals surface area (Å²) in [4.78, 5) is 150. The molecule has 14 rings (SSSR count). The summed E-state index contributed by atoms with van der Waals surface area (Å²) in [5.41, 5.74) is 4.14. The van der Waals surface area contributed by atoms with E-state index in [2.05, 4.69) is 58.3 Å². The number of hydrazine groups is 1. The number of phenolic OH excluding ortho intramolecular Hbond substituents is 3. The number of aromatic nitrogens is 2. The van der Waals surface area contributed by atoms with Crippen molar-refractivity contribution in [1.82, 2.24) is 62.5 Å². The van der Waals surface area contributed by atoms with E-state index in [-0.39, 0.29) is 71.6 Å². The van der Waals surface area contributed by atoms with Crippen molar-refractivity contribution in [2.75, 3.05) is 39.6 Å². The Morgan fingerprint density at radius 2 is 1.35 bits per heavy atom. The van der Waals surface area contributed by atoms with Crippen LogP contribution in [-0.4, -0.2) is 227 Å². The molecule has 0 saturated carbocycles. The molecule has 0 radical (unpaired) electrons. The van der Waals surface area contributed by atoms with Gasteiger partial charge in [0.25, 0.3) is 5.91 Å². The van der Waals surface area contributed by atoms with Crippen LogP contribution in [0.15, 0.2) is 114 Å². The van der Waals surface area contributed by atoms with Crippen LogP contribution in [0.25, 0.3) is 11.1 Å². The average molecular weight is 1820 g/mol. The first kappa shape index (κ1) is 93.1. The van der Waals surface area contributed by atoms with E-state index in [4.69, 9.17) is 80.6 Å². The minimum Gasteiger partial charge on any atom is -0.508 e. The third kappa shape index (κ3) is 21.2. The number of carbonyl (C=O) groups is 9. The summed E-state index contributed by atoms with van der Waals surface area (Å²) < 4.78 is 40.7. The van der Waals surface area contributed by atoms with Crippen molar-refractivity contribution in [3.63, 3.8) is 0 Å². The maximum absolute atomic E-state index is 16.3. The summed E-state index contributed by atoms with van der Waals surface area (Å²) in [6.07, 6.45) is -18.2. The predicted octanol–water partition coefficient (Wildman–Crippen LogP) is 1.99. The Bertz CT molecular complexity index is 5390. The fourth-order valence-corrected chi connectivity index (χ4v) is 15.9. The van der Waals surface area contributed by atoms with Gasteiger partial charge in [-0.15, -0.1) is 0 Å². The minimum absolute atomic E-state index is 0.0378. The van der Waals surface area contributed by atoms with Gasteiger partial charge >= 0.3 is 5.69 Å². The number of benzene rings is 6. The zero-order valence-corrected chi connectivity index (χ0v) is 70.7. The molecule has 0 spiro atoms. The van der Waals surface area contributed by atoms with Crippen LogP contribution < -0.4 is 78.9 Å². The summed E-state index contributed by atoms with van der Waals surface area (Å²) >= 11 is 26.5. The predicted molar refractivity (Wildman–Crippen MR) is 445 cm³/mol. The molecule has 2 fully saturated rings. The first-order chi connectivity index (χ1) is 59.2. The van der Waals surface area contributed by atoms with Crippen LogP contribution in [0.5, 0.6) is 46.0 Å². The van der Waals surface area contributed by atoms with Gasteiger partial charge in [-0.05, 0) is 139 Å². The number of anilines is 1. The number of fused-ring (bicyclic) bond motifs is 15. The second-order valence-electron chi connectivity index (χ2n) is 31.3. The Morgan fingerprint density at radius 1 is 0.704 bits per heavy atom. The molecule has 11 bridgehead atoms. The number of aliphatic hydroxyl groups excluding tert-OH is 6. The molecule has 7 aliphatic rings. The smallest absolute Gasteiger partial charge is 0.349 e. The summed E-state index contributed by atoms with van der Waals surface area (Å²) in [5, 5.41) is 131. The number of ether oxygens (including phenoxy) is 6. The molecule has 2 saturated heterocycles. The third-order valence-corrected chi connectivity index (χ3v) is 22.8. The summed E-state index contributed by atoms with van der Waals surface area (Å²) in [5.74, 6) is -15.7. The molecule has 1 unspecified atom stereocenters. The normalized spacial score (nSPS) is 26.0. The molecule has 18 atom stereocenters. The Morgan fingerprint density at radius 3 is 1.98 bits per heavy atom. The van der Waals surface area contributed by atoms with E-state index in [0.717, 1.165) is 60.7 Å².